The highest BCUT2D eigenvalue weighted by Gasteiger charge is 2.58. The van der Waals surface area contributed by atoms with Crippen LogP contribution in [0.4, 0.5) is 0 Å². The Kier molecular flexibility index (Phi) is 4.82. The number of likely N-dealkylation sites (N-methyl/N-ethyl adjacent to an activating group) is 1. The summed E-state index contributed by atoms with van der Waals surface area (Å²) in [4.78, 5) is 0. The van der Waals surface area contributed by atoms with Gasteiger partial charge in [0.1, 0.15) is 0 Å². The van der Waals surface area contributed by atoms with E-state index in [1.54, 1.807) is 5.57 Å². The minimum Gasteiger partial charge on any atom is -0.377 e. The van der Waals surface area contributed by atoms with Gasteiger partial charge in [-0.15, -0.1) is 0 Å². The SMILES string of the molecule is C=C1CCC2C3CCC4C[C@@H](OCCNC)CC[C@]4(C)C3CC[C@]12C. The summed E-state index contributed by atoms with van der Waals surface area (Å²) >= 11 is 0. The summed E-state index contributed by atoms with van der Waals surface area (Å²) < 4.78 is 6.18. The first-order valence-electron chi connectivity index (χ1n) is 10.9. The lowest BCUT2D eigenvalue weighted by atomic mass is 9.45. The van der Waals surface area contributed by atoms with Gasteiger partial charge >= 0.3 is 0 Å². The monoisotopic (exact) mass is 345 g/mol. The Balaban J connectivity index is 1.46. The zero-order valence-corrected chi connectivity index (χ0v) is 16.8. The van der Waals surface area contributed by atoms with Gasteiger partial charge in [-0.3, -0.25) is 0 Å². The molecule has 0 radical (unpaired) electrons. The molecule has 0 heterocycles. The molecule has 0 amide bonds. The summed E-state index contributed by atoms with van der Waals surface area (Å²) in [5.74, 6) is 3.77. The van der Waals surface area contributed by atoms with E-state index in [1.807, 2.05) is 7.05 Å². The van der Waals surface area contributed by atoms with Gasteiger partial charge in [0.2, 0.25) is 0 Å². The molecule has 0 aromatic heterocycles. The molecule has 0 saturated heterocycles. The molecule has 0 spiro atoms. The van der Waals surface area contributed by atoms with Gasteiger partial charge in [0, 0.05) is 6.54 Å². The molecular formula is C23H39NO. The highest BCUT2D eigenvalue weighted by molar-refractivity contribution is 5.21. The largest absolute Gasteiger partial charge is 0.377 e. The van der Waals surface area contributed by atoms with Gasteiger partial charge in [-0.2, -0.15) is 0 Å². The van der Waals surface area contributed by atoms with Crippen molar-refractivity contribution >= 4 is 0 Å². The van der Waals surface area contributed by atoms with Crippen molar-refractivity contribution in [2.45, 2.75) is 77.7 Å². The van der Waals surface area contributed by atoms with E-state index in [9.17, 15) is 0 Å². The molecule has 4 unspecified atom stereocenters. The second-order valence-corrected chi connectivity index (χ2v) is 10.1. The number of nitrogens with one attached hydrogen (secondary N) is 1. The maximum absolute atomic E-state index is 6.18. The van der Waals surface area contributed by atoms with E-state index < -0.39 is 0 Å². The van der Waals surface area contributed by atoms with Crippen LogP contribution < -0.4 is 5.32 Å². The first kappa shape index (κ1) is 18.0. The van der Waals surface area contributed by atoms with Crippen LogP contribution in [0, 0.1) is 34.5 Å². The number of ether oxygens (including phenoxy) is 1. The lowest BCUT2D eigenvalue weighted by molar-refractivity contribution is -0.125. The fraction of sp³-hybridized carbons (Fsp3) is 0.913. The van der Waals surface area contributed by atoms with Crippen molar-refractivity contribution in [1.82, 2.24) is 5.32 Å². The Hall–Kier alpha value is -0.340. The van der Waals surface area contributed by atoms with E-state index in [0.717, 1.165) is 36.8 Å². The molecule has 0 aromatic rings. The smallest absolute Gasteiger partial charge is 0.0594 e. The lowest BCUT2D eigenvalue weighted by Gasteiger charge is -2.60. The molecule has 0 aromatic carbocycles. The third-order valence-corrected chi connectivity index (χ3v) is 9.28. The van der Waals surface area contributed by atoms with E-state index in [1.165, 1.54) is 57.8 Å². The molecule has 0 bridgehead atoms. The Morgan fingerprint density at radius 2 is 1.92 bits per heavy atom. The molecule has 2 nitrogen and oxygen atoms in total. The number of hydrogen-bond donors (Lipinski definition) is 1. The molecule has 2 heteroatoms. The van der Waals surface area contributed by atoms with Crippen LogP contribution in [-0.4, -0.2) is 26.3 Å². The average molecular weight is 346 g/mol. The lowest BCUT2D eigenvalue weighted by Crippen LogP contribution is -2.53. The third-order valence-electron chi connectivity index (χ3n) is 9.28. The Labute approximate surface area is 155 Å². The minimum atomic E-state index is 0.470. The number of fused-ring (bicyclic) bond motifs is 5. The second kappa shape index (κ2) is 6.68. The van der Waals surface area contributed by atoms with E-state index >= 15 is 0 Å². The van der Waals surface area contributed by atoms with Crippen LogP contribution in [-0.2, 0) is 4.74 Å². The minimum absolute atomic E-state index is 0.470. The summed E-state index contributed by atoms with van der Waals surface area (Å²) in [5.41, 5.74) is 2.62. The fourth-order valence-electron chi connectivity index (χ4n) is 7.60. The van der Waals surface area contributed by atoms with E-state index in [2.05, 4.69) is 25.7 Å². The summed E-state index contributed by atoms with van der Waals surface area (Å²) in [6.45, 7) is 11.5. The first-order valence-corrected chi connectivity index (χ1v) is 10.9. The predicted octanol–water partition coefficient (Wildman–Crippen LogP) is 5.19. The molecule has 4 saturated carbocycles. The molecule has 0 aliphatic heterocycles. The summed E-state index contributed by atoms with van der Waals surface area (Å²) in [6, 6.07) is 0. The molecule has 4 aliphatic rings. The molecule has 4 aliphatic carbocycles. The average Bonchev–Trinajstić information content (AvgIpc) is 2.90. The summed E-state index contributed by atoms with van der Waals surface area (Å²) in [5, 5.41) is 3.20. The molecule has 4 fully saturated rings. The van der Waals surface area contributed by atoms with Crippen LogP contribution in [0.5, 0.6) is 0 Å². The van der Waals surface area contributed by atoms with Gasteiger partial charge in [-0.05, 0) is 99.3 Å². The molecule has 25 heavy (non-hydrogen) atoms. The maximum Gasteiger partial charge on any atom is 0.0594 e. The van der Waals surface area contributed by atoms with Gasteiger partial charge in [-0.1, -0.05) is 26.0 Å². The van der Waals surface area contributed by atoms with Crippen LogP contribution in [0.1, 0.15) is 71.6 Å². The van der Waals surface area contributed by atoms with Crippen molar-refractivity contribution < 1.29 is 4.74 Å². The van der Waals surface area contributed by atoms with Crippen molar-refractivity contribution in [3.63, 3.8) is 0 Å². The predicted molar refractivity (Wildman–Crippen MR) is 105 cm³/mol. The van der Waals surface area contributed by atoms with E-state index in [-0.39, 0.29) is 0 Å². The normalized spacial score (nSPS) is 49.4. The molecular weight excluding hydrogens is 306 g/mol. The van der Waals surface area contributed by atoms with Crippen LogP contribution in [0.25, 0.3) is 0 Å². The second-order valence-electron chi connectivity index (χ2n) is 10.1. The van der Waals surface area contributed by atoms with Crippen molar-refractivity contribution in [2.24, 2.45) is 34.5 Å². The number of hydrogen-bond acceptors (Lipinski definition) is 2. The maximum atomic E-state index is 6.18. The fourth-order valence-corrected chi connectivity index (χ4v) is 7.60. The van der Waals surface area contributed by atoms with Gasteiger partial charge in [0.25, 0.3) is 0 Å². The standard InChI is InChI=1S/C23H39NO/c1-16-5-8-20-19-7-6-17-15-18(25-14-13-24-4)9-11-23(17,3)21(19)10-12-22(16,20)2/h17-21,24H,1,5-15H2,2-4H3/t17?,18-,19?,20?,21?,22+,23-/m0/s1. The first-order chi connectivity index (χ1) is 12.0. The zero-order valence-electron chi connectivity index (χ0n) is 16.8. The Morgan fingerprint density at radius 3 is 2.72 bits per heavy atom. The van der Waals surface area contributed by atoms with Crippen molar-refractivity contribution in [1.29, 1.82) is 0 Å². The summed E-state index contributed by atoms with van der Waals surface area (Å²) in [7, 11) is 2.01. The van der Waals surface area contributed by atoms with E-state index in [0.29, 0.717) is 16.9 Å². The van der Waals surface area contributed by atoms with Crippen LogP contribution in [0.2, 0.25) is 0 Å². The number of allylic oxidation sites excluding steroid dienone is 1. The Bertz CT molecular complexity index is 516. The van der Waals surface area contributed by atoms with Crippen molar-refractivity contribution in [3.8, 4) is 0 Å². The summed E-state index contributed by atoms with van der Waals surface area (Å²) in [6.07, 6.45) is 13.0. The Morgan fingerprint density at radius 1 is 1.08 bits per heavy atom. The topological polar surface area (TPSA) is 21.3 Å². The van der Waals surface area contributed by atoms with Gasteiger partial charge in [0.05, 0.1) is 12.7 Å². The molecule has 1 N–H and O–H groups in total. The quantitative estimate of drug-likeness (QED) is 0.559. The van der Waals surface area contributed by atoms with Crippen LogP contribution in [0.3, 0.4) is 0 Å². The van der Waals surface area contributed by atoms with Gasteiger partial charge in [0.15, 0.2) is 0 Å². The van der Waals surface area contributed by atoms with Gasteiger partial charge in [-0.25, -0.2) is 0 Å². The number of rotatable bonds is 4. The van der Waals surface area contributed by atoms with Crippen molar-refractivity contribution in [2.75, 3.05) is 20.2 Å². The van der Waals surface area contributed by atoms with E-state index in [4.69, 9.17) is 4.74 Å². The van der Waals surface area contributed by atoms with Gasteiger partial charge < -0.3 is 10.1 Å². The highest BCUT2D eigenvalue weighted by atomic mass is 16.5. The van der Waals surface area contributed by atoms with Crippen molar-refractivity contribution in [3.05, 3.63) is 12.2 Å². The molecule has 4 rings (SSSR count). The zero-order chi connectivity index (χ0) is 17.7. The van der Waals surface area contributed by atoms with Crippen LogP contribution >= 0.6 is 0 Å². The molecule has 142 valence electrons. The van der Waals surface area contributed by atoms with Crippen LogP contribution in [0.15, 0.2) is 12.2 Å². The third kappa shape index (κ3) is 2.83. The molecule has 7 atom stereocenters. The highest BCUT2D eigenvalue weighted by Crippen LogP contribution is 2.67.